The number of hydrogen-bond donors (Lipinski definition) is 2. The van der Waals surface area contributed by atoms with Gasteiger partial charge in [-0.2, -0.15) is 0 Å². The van der Waals surface area contributed by atoms with Gasteiger partial charge in [0.1, 0.15) is 4.88 Å². The van der Waals surface area contributed by atoms with Crippen LogP contribution in [0, 0.1) is 0 Å². The molecule has 1 atom stereocenters. The first-order valence-corrected chi connectivity index (χ1v) is 8.82. The lowest BCUT2D eigenvalue weighted by Crippen LogP contribution is -2.27. The van der Waals surface area contributed by atoms with E-state index in [0.29, 0.717) is 33.6 Å². The van der Waals surface area contributed by atoms with Gasteiger partial charge in [0.15, 0.2) is 0 Å². The summed E-state index contributed by atoms with van der Waals surface area (Å²) in [7, 11) is -0.883. The van der Waals surface area contributed by atoms with Crippen molar-refractivity contribution in [3.05, 3.63) is 28.1 Å². The predicted molar refractivity (Wildman–Crippen MR) is 87.1 cm³/mol. The van der Waals surface area contributed by atoms with E-state index < -0.39 is 10.8 Å². The number of rotatable bonds is 5. The van der Waals surface area contributed by atoms with Gasteiger partial charge >= 0.3 is 0 Å². The molecular weight excluding hydrogens is 316 g/mol. The Morgan fingerprint density at radius 3 is 2.95 bits per heavy atom. The molecule has 0 spiro atoms. The number of thiophene rings is 1. The van der Waals surface area contributed by atoms with Crippen LogP contribution in [0.4, 0.5) is 5.69 Å². The number of benzene rings is 1. The summed E-state index contributed by atoms with van der Waals surface area (Å²) in [6.07, 6.45) is 0. The van der Waals surface area contributed by atoms with E-state index >= 15 is 0 Å². The van der Waals surface area contributed by atoms with E-state index in [2.05, 4.69) is 5.32 Å². The van der Waals surface area contributed by atoms with Crippen molar-refractivity contribution in [1.29, 1.82) is 0 Å². The Kier molecular flexibility index (Phi) is 5.01. The standard InChI is InChI=1S/C13H15ClN2O2S2/c1-2-20(18)6-5-16-13(17)12-11(15)9-4-3-8(14)7-10(9)19-12/h3-4,7H,2,5-6,15H2,1H3,(H,16,17). The van der Waals surface area contributed by atoms with E-state index in [1.165, 1.54) is 11.3 Å². The summed E-state index contributed by atoms with van der Waals surface area (Å²) in [6, 6.07) is 5.35. The number of halogens is 1. The average molecular weight is 331 g/mol. The Bertz CT molecular complexity index is 670. The molecule has 20 heavy (non-hydrogen) atoms. The molecule has 1 aromatic heterocycles. The number of anilines is 1. The number of carbonyl (C=O) groups excluding carboxylic acids is 1. The first kappa shape index (κ1) is 15.3. The Balaban J connectivity index is 2.14. The highest BCUT2D eigenvalue weighted by Gasteiger charge is 2.16. The maximum Gasteiger partial charge on any atom is 0.263 e. The molecule has 1 heterocycles. The zero-order valence-electron chi connectivity index (χ0n) is 10.9. The highest BCUT2D eigenvalue weighted by molar-refractivity contribution is 7.84. The van der Waals surface area contributed by atoms with Crippen molar-refractivity contribution in [2.75, 3.05) is 23.8 Å². The fourth-order valence-corrected chi connectivity index (χ4v) is 3.70. The Labute approximate surface area is 128 Å². The molecule has 0 radical (unpaired) electrons. The number of amides is 1. The fourth-order valence-electron chi connectivity index (χ4n) is 1.76. The van der Waals surface area contributed by atoms with E-state index in [-0.39, 0.29) is 5.91 Å². The number of nitrogens with one attached hydrogen (secondary N) is 1. The van der Waals surface area contributed by atoms with Gasteiger partial charge in [0.05, 0.1) is 5.69 Å². The van der Waals surface area contributed by atoms with Crippen LogP contribution >= 0.6 is 22.9 Å². The van der Waals surface area contributed by atoms with Crippen LogP contribution in [0.3, 0.4) is 0 Å². The molecule has 7 heteroatoms. The van der Waals surface area contributed by atoms with E-state index in [9.17, 15) is 9.00 Å². The predicted octanol–water partition coefficient (Wildman–Crippen LogP) is 2.64. The smallest absolute Gasteiger partial charge is 0.263 e. The first-order valence-electron chi connectivity index (χ1n) is 6.13. The average Bonchev–Trinajstić information content (AvgIpc) is 2.75. The van der Waals surface area contributed by atoms with Gasteiger partial charge in [-0.3, -0.25) is 9.00 Å². The van der Waals surface area contributed by atoms with Crippen molar-refractivity contribution in [1.82, 2.24) is 5.32 Å². The fraction of sp³-hybridized carbons (Fsp3) is 0.308. The Morgan fingerprint density at radius 1 is 1.50 bits per heavy atom. The lowest BCUT2D eigenvalue weighted by Gasteiger charge is -2.03. The number of fused-ring (bicyclic) bond motifs is 1. The molecule has 0 aliphatic rings. The molecular formula is C13H15ClN2O2S2. The summed E-state index contributed by atoms with van der Waals surface area (Å²) in [5.74, 6) is 0.825. The lowest BCUT2D eigenvalue weighted by molar-refractivity contribution is 0.0961. The molecule has 108 valence electrons. The number of nitrogen functional groups attached to an aromatic ring is 1. The largest absolute Gasteiger partial charge is 0.397 e. The molecule has 0 aliphatic carbocycles. The van der Waals surface area contributed by atoms with E-state index in [0.717, 1.165) is 10.1 Å². The summed E-state index contributed by atoms with van der Waals surface area (Å²) >= 11 is 7.24. The first-order chi connectivity index (χ1) is 9.52. The molecule has 0 aliphatic heterocycles. The third kappa shape index (κ3) is 3.31. The van der Waals surface area contributed by atoms with Crippen molar-refractivity contribution in [3.63, 3.8) is 0 Å². The maximum atomic E-state index is 12.1. The maximum absolute atomic E-state index is 12.1. The zero-order chi connectivity index (χ0) is 14.7. The third-order valence-corrected chi connectivity index (χ3v) is 5.54. The molecule has 0 bridgehead atoms. The van der Waals surface area contributed by atoms with Crippen LogP contribution in [0.25, 0.3) is 10.1 Å². The van der Waals surface area contributed by atoms with E-state index in [4.69, 9.17) is 17.3 Å². The van der Waals surface area contributed by atoms with Crippen molar-refractivity contribution >= 4 is 55.4 Å². The molecule has 2 aromatic rings. The van der Waals surface area contributed by atoms with Crippen molar-refractivity contribution in [2.24, 2.45) is 0 Å². The van der Waals surface area contributed by atoms with Crippen molar-refractivity contribution < 1.29 is 9.00 Å². The number of carbonyl (C=O) groups is 1. The van der Waals surface area contributed by atoms with E-state index in [1.54, 1.807) is 12.1 Å². The third-order valence-electron chi connectivity index (χ3n) is 2.83. The zero-order valence-corrected chi connectivity index (χ0v) is 13.3. The highest BCUT2D eigenvalue weighted by atomic mass is 35.5. The normalized spacial score (nSPS) is 12.5. The van der Waals surface area contributed by atoms with Crippen LogP contribution in [0.2, 0.25) is 5.02 Å². The summed E-state index contributed by atoms with van der Waals surface area (Å²) in [4.78, 5) is 12.6. The number of nitrogens with two attached hydrogens (primary N) is 1. The molecule has 3 N–H and O–H groups in total. The SMILES string of the molecule is CCS(=O)CCNC(=O)c1sc2cc(Cl)ccc2c1N. The number of hydrogen-bond acceptors (Lipinski definition) is 4. The van der Waals surface area contributed by atoms with Crippen molar-refractivity contribution in [2.45, 2.75) is 6.92 Å². The van der Waals surface area contributed by atoms with Gasteiger partial charge in [-0.25, -0.2) is 0 Å². The lowest BCUT2D eigenvalue weighted by atomic mass is 10.2. The van der Waals surface area contributed by atoms with Crippen LogP contribution in [0.1, 0.15) is 16.6 Å². The van der Waals surface area contributed by atoms with Gasteiger partial charge < -0.3 is 11.1 Å². The van der Waals surface area contributed by atoms with E-state index in [1.807, 2.05) is 13.0 Å². The van der Waals surface area contributed by atoms with Gasteiger partial charge in [0.25, 0.3) is 5.91 Å². The minimum absolute atomic E-state index is 0.229. The summed E-state index contributed by atoms with van der Waals surface area (Å²) < 4.78 is 12.2. The molecule has 0 fully saturated rings. The van der Waals surface area contributed by atoms with Crippen molar-refractivity contribution in [3.8, 4) is 0 Å². The van der Waals surface area contributed by atoms with Gasteiger partial charge in [0, 0.05) is 44.0 Å². The molecule has 1 amide bonds. The van der Waals surface area contributed by atoms with Crippen LogP contribution in [-0.4, -0.2) is 28.2 Å². The van der Waals surface area contributed by atoms with Gasteiger partial charge in [-0.05, 0) is 18.2 Å². The quantitative estimate of drug-likeness (QED) is 0.885. The molecule has 2 rings (SSSR count). The monoisotopic (exact) mass is 330 g/mol. The summed E-state index contributed by atoms with van der Waals surface area (Å²) in [5, 5.41) is 4.20. The molecule has 1 unspecified atom stereocenters. The second-order valence-corrected chi connectivity index (χ2v) is 7.53. The highest BCUT2D eigenvalue weighted by Crippen LogP contribution is 2.35. The summed E-state index contributed by atoms with van der Waals surface area (Å²) in [5.41, 5.74) is 6.46. The van der Waals surface area contributed by atoms with Crippen LogP contribution in [0.5, 0.6) is 0 Å². The molecule has 4 nitrogen and oxygen atoms in total. The minimum atomic E-state index is -0.883. The summed E-state index contributed by atoms with van der Waals surface area (Å²) in [6.45, 7) is 2.24. The molecule has 1 aromatic carbocycles. The van der Waals surface area contributed by atoms with Gasteiger partial charge in [0.2, 0.25) is 0 Å². The topological polar surface area (TPSA) is 72.2 Å². The van der Waals surface area contributed by atoms with Gasteiger partial charge in [-0.1, -0.05) is 18.5 Å². The molecule has 0 saturated heterocycles. The Morgan fingerprint density at radius 2 is 2.25 bits per heavy atom. The van der Waals surface area contributed by atoms with Crippen LogP contribution < -0.4 is 11.1 Å². The Hall–Kier alpha value is -1.11. The second kappa shape index (κ2) is 6.56. The minimum Gasteiger partial charge on any atom is -0.397 e. The van der Waals surface area contributed by atoms with Crippen LogP contribution in [-0.2, 0) is 10.8 Å². The molecule has 0 saturated carbocycles. The van der Waals surface area contributed by atoms with Gasteiger partial charge in [-0.15, -0.1) is 11.3 Å². The van der Waals surface area contributed by atoms with Crippen LogP contribution in [0.15, 0.2) is 18.2 Å². The second-order valence-electron chi connectivity index (χ2n) is 4.17.